The smallest absolute Gasteiger partial charge is 0.253 e. The number of benzene rings is 2. The topological polar surface area (TPSA) is 70.6 Å². The van der Waals surface area contributed by atoms with Gasteiger partial charge in [-0.3, -0.25) is 19.3 Å². The fraction of sp³-hybridized carbons (Fsp3) is 0.304. The highest BCUT2D eigenvalue weighted by Crippen LogP contribution is 2.34. The third-order valence-corrected chi connectivity index (χ3v) is 7.06. The molecule has 3 heterocycles. The summed E-state index contributed by atoms with van der Waals surface area (Å²) in [5.41, 5.74) is 2.16. The Bertz CT molecular complexity index is 1080. The minimum atomic E-state index is -0.184. The van der Waals surface area contributed by atoms with E-state index in [1.165, 1.54) is 9.60 Å². The van der Waals surface area contributed by atoms with Gasteiger partial charge in [0.25, 0.3) is 5.91 Å². The summed E-state index contributed by atoms with van der Waals surface area (Å²) in [6.45, 7) is 1.40. The Hall–Kier alpha value is -3.06. The fourth-order valence-electron chi connectivity index (χ4n) is 4.19. The SMILES string of the molecule is O=C(c1ccc(N2C(=O)CCC2=O)cc1)N1CCC(c2nc3ccccc3s2)CC1. The highest BCUT2D eigenvalue weighted by molar-refractivity contribution is 7.18. The number of piperidine rings is 1. The molecule has 2 aliphatic heterocycles. The molecule has 0 atom stereocenters. The zero-order valence-corrected chi connectivity index (χ0v) is 17.2. The quantitative estimate of drug-likeness (QED) is 0.603. The van der Waals surface area contributed by atoms with Crippen LogP contribution in [0.2, 0.25) is 0 Å². The first-order valence-electron chi connectivity index (χ1n) is 10.2. The van der Waals surface area contributed by atoms with Crippen LogP contribution in [0.4, 0.5) is 5.69 Å². The second-order valence-electron chi connectivity index (χ2n) is 7.76. The van der Waals surface area contributed by atoms with Crippen molar-refractivity contribution < 1.29 is 14.4 Å². The first kappa shape index (κ1) is 18.9. The molecule has 152 valence electrons. The highest BCUT2D eigenvalue weighted by Gasteiger charge is 2.31. The van der Waals surface area contributed by atoms with E-state index in [0.717, 1.165) is 23.4 Å². The largest absolute Gasteiger partial charge is 0.339 e. The van der Waals surface area contributed by atoms with Gasteiger partial charge in [0, 0.05) is 37.4 Å². The molecular weight excluding hydrogens is 398 g/mol. The number of likely N-dealkylation sites (tertiary alicyclic amines) is 1. The van der Waals surface area contributed by atoms with Gasteiger partial charge in [0.05, 0.1) is 20.9 Å². The van der Waals surface area contributed by atoms with Gasteiger partial charge in [0.15, 0.2) is 0 Å². The van der Waals surface area contributed by atoms with Crippen LogP contribution in [0.25, 0.3) is 10.2 Å². The number of para-hydroxylation sites is 1. The summed E-state index contributed by atoms with van der Waals surface area (Å²) in [5.74, 6) is 0.0105. The molecule has 2 aliphatic rings. The molecule has 7 heteroatoms. The number of hydrogen-bond donors (Lipinski definition) is 0. The van der Waals surface area contributed by atoms with Crippen molar-refractivity contribution in [2.75, 3.05) is 18.0 Å². The molecule has 0 unspecified atom stereocenters. The molecular formula is C23H21N3O3S. The Kier molecular flexibility index (Phi) is 4.83. The van der Waals surface area contributed by atoms with Crippen molar-refractivity contribution in [2.24, 2.45) is 0 Å². The zero-order valence-electron chi connectivity index (χ0n) is 16.4. The maximum Gasteiger partial charge on any atom is 0.253 e. The Morgan fingerprint density at radius 2 is 1.60 bits per heavy atom. The number of nitrogens with zero attached hydrogens (tertiary/aromatic N) is 3. The van der Waals surface area contributed by atoms with Crippen LogP contribution >= 0.6 is 11.3 Å². The van der Waals surface area contributed by atoms with Crippen molar-refractivity contribution in [3.8, 4) is 0 Å². The van der Waals surface area contributed by atoms with Crippen molar-refractivity contribution >= 4 is 45.0 Å². The molecule has 0 spiro atoms. The van der Waals surface area contributed by atoms with Crippen molar-refractivity contribution in [3.63, 3.8) is 0 Å². The predicted octanol–water partition coefficient (Wildman–Crippen LogP) is 3.97. The van der Waals surface area contributed by atoms with Crippen LogP contribution in [0.1, 0.15) is 47.0 Å². The maximum absolute atomic E-state index is 12.9. The van der Waals surface area contributed by atoms with Gasteiger partial charge in [-0.25, -0.2) is 4.98 Å². The lowest BCUT2D eigenvalue weighted by molar-refractivity contribution is -0.121. The molecule has 2 fully saturated rings. The van der Waals surface area contributed by atoms with Crippen LogP contribution in [0.3, 0.4) is 0 Å². The van der Waals surface area contributed by atoms with Gasteiger partial charge in [-0.15, -0.1) is 11.3 Å². The molecule has 6 nitrogen and oxygen atoms in total. The van der Waals surface area contributed by atoms with Crippen LogP contribution in [0.15, 0.2) is 48.5 Å². The number of hydrogen-bond acceptors (Lipinski definition) is 5. The summed E-state index contributed by atoms with van der Waals surface area (Å²) >= 11 is 1.75. The third-order valence-electron chi connectivity index (χ3n) is 5.87. The van der Waals surface area contributed by atoms with E-state index in [-0.39, 0.29) is 30.6 Å². The summed E-state index contributed by atoms with van der Waals surface area (Å²) in [7, 11) is 0. The number of carbonyl (C=O) groups is 3. The normalized spacial score (nSPS) is 17.9. The van der Waals surface area contributed by atoms with E-state index in [2.05, 4.69) is 6.07 Å². The first-order valence-corrected chi connectivity index (χ1v) is 11.0. The predicted molar refractivity (Wildman–Crippen MR) is 116 cm³/mol. The summed E-state index contributed by atoms with van der Waals surface area (Å²) in [5, 5.41) is 1.16. The molecule has 2 aromatic carbocycles. The number of aromatic nitrogens is 1. The number of imide groups is 1. The van der Waals surface area contributed by atoms with Crippen molar-refractivity contribution in [3.05, 3.63) is 59.1 Å². The third kappa shape index (κ3) is 3.39. The lowest BCUT2D eigenvalue weighted by atomic mass is 9.97. The van der Waals surface area contributed by atoms with Crippen LogP contribution in [-0.4, -0.2) is 40.7 Å². The van der Waals surface area contributed by atoms with E-state index in [4.69, 9.17) is 4.98 Å². The summed E-state index contributed by atoms with van der Waals surface area (Å²) in [6, 6.07) is 15.0. The van der Waals surface area contributed by atoms with Crippen molar-refractivity contribution in [2.45, 2.75) is 31.6 Å². The standard InChI is InChI=1S/C23H21N3O3S/c27-20-9-10-21(28)26(20)17-7-5-16(6-8-17)23(29)25-13-11-15(12-14-25)22-24-18-3-1-2-4-19(18)30-22/h1-8,15H,9-14H2. The monoisotopic (exact) mass is 419 g/mol. The number of amides is 3. The summed E-state index contributed by atoms with van der Waals surface area (Å²) < 4.78 is 1.21. The Labute approximate surface area is 178 Å². The Morgan fingerprint density at radius 3 is 2.27 bits per heavy atom. The highest BCUT2D eigenvalue weighted by atomic mass is 32.1. The van der Waals surface area contributed by atoms with Crippen LogP contribution < -0.4 is 4.90 Å². The van der Waals surface area contributed by atoms with E-state index >= 15 is 0 Å². The number of anilines is 1. The first-order chi connectivity index (χ1) is 14.6. The van der Waals surface area contributed by atoms with Crippen LogP contribution in [0.5, 0.6) is 0 Å². The molecule has 3 amide bonds. The van der Waals surface area contributed by atoms with E-state index in [1.54, 1.807) is 35.6 Å². The molecule has 3 aromatic rings. The molecule has 2 saturated heterocycles. The minimum absolute atomic E-state index is 0.0108. The van der Waals surface area contributed by atoms with Crippen LogP contribution in [0, 0.1) is 0 Å². The average Bonchev–Trinajstić information content (AvgIpc) is 3.36. The number of rotatable bonds is 3. The fourth-order valence-corrected chi connectivity index (χ4v) is 5.33. The second kappa shape index (κ2) is 7.65. The van der Waals surface area contributed by atoms with Crippen molar-refractivity contribution in [1.29, 1.82) is 0 Å². The number of thiazole rings is 1. The Morgan fingerprint density at radius 1 is 0.933 bits per heavy atom. The molecule has 5 rings (SSSR count). The van der Waals surface area contributed by atoms with Gasteiger partial charge in [-0.1, -0.05) is 12.1 Å². The lowest BCUT2D eigenvalue weighted by Gasteiger charge is -2.31. The van der Waals surface area contributed by atoms with E-state index in [0.29, 0.717) is 30.3 Å². The van der Waals surface area contributed by atoms with Gasteiger partial charge in [0.2, 0.25) is 11.8 Å². The van der Waals surface area contributed by atoms with Gasteiger partial charge >= 0.3 is 0 Å². The van der Waals surface area contributed by atoms with E-state index < -0.39 is 0 Å². The molecule has 0 bridgehead atoms. The molecule has 1 aromatic heterocycles. The van der Waals surface area contributed by atoms with Gasteiger partial charge in [-0.2, -0.15) is 0 Å². The molecule has 30 heavy (non-hydrogen) atoms. The second-order valence-corrected chi connectivity index (χ2v) is 8.82. The summed E-state index contributed by atoms with van der Waals surface area (Å²) in [4.78, 5) is 44.5. The van der Waals surface area contributed by atoms with Crippen LogP contribution in [-0.2, 0) is 9.59 Å². The molecule has 0 aliphatic carbocycles. The zero-order chi connectivity index (χ0) is 20.7. The maximum atomic E-state index is 12.9. The molecule has 0 radical (unpaired) electrons. The summed E-state index contributed by atoms with van der Waals surface area (Å²) in [6.07, 6.45) is 2.31. The lowest BCUT2D eigenvalue weighted by Crippen LogP contribution is -2.38. The minimum Gasteiger partial charge on any atom is -0.339 e. The van der Waals surface area contributed by atoms with Crippen molar-refractivity contribution in [1.82, 2.24) is 9.88 Å². The van der Waals surface area contributed by atoms with Gasteiger partial charge in [0.1, 0.15) is 0 Å². The average molecular weight is 420 g/mol. The number of carbonyl (C=O) groups excluding carboxylic acids is 3. The number of fused-ring (bicyclic) bond motifs is 1. The molecule has 0 N–H and O–H groups in total. The molecule has 0 saturated carbocycles. The van der Waals surface area contributed by atoms with Gasteiger partial charge < -0.3 is 4.90 Å². The van der Waals surface area contributed by atoms with E-state index in [1.807, 2.05) is 23.1 Å². The Balaban J connectivity index is 1.24. The van der Waals surface area contributed by atoms with E-state index in [9.17, 15) is 14.4 Å². The van der Waals surface area contributed by atoms with Gasteiger partial charge in [-0.05, 0) is 49.2 Å².